The van der Waals surface area contributed by atoms with Crippen molar-refractivity contribution < 1.29 is 23.5 Å². The molecule has 8 nitrogen and oxygen atoms in total. The first-order chi connectivity index (χ1) is 13.8. The van der Waals surface area contributed by atoms with Gasteiger partial charge in [0.25, 0.3) is 0 Å². The molecule has 3 atom stereocenters. The molecule has 160 valence electrons. The van der Waals surface area contributed by atoms with Crippen molar-refractivity contribution in [2.75, 3.05) is 37.6 Å². The highest BCUT2D eigenvalue weighted by Gasteiger charge is 2.47. The summed E-state index contributed by atoms with van der Waals surface area (Å²) >= 11 is 0. The normalized spacial score (nSPS) is 25.8. The largest absolute Gasteiger partial charge is 0.368 e. The lowest BCUT2D eigenvalue weighted by molar-refractivity contribution is -0.136. The maximum Gasteiger partial charge on any atom is 0.243 e. The monoisotopic (exact) mass is 411 g/mol. The molecule has 1 aromatic carbocycles. The van der Waals surface area contributed by atoms with Gasteiger partial charge in [-0.25, -0.2) is 8.78 Å². The molecule has 3 rings (SSSR count). The van der Waals surface area contributed by atoms with Gasteiger partial charge in [0, 0.05) is 43.9 Å². The zero-order chi connectivity index (χ0) is 21.2. The van der Waals surface area contributed by atoms with E-state index in [1.165, 1.54) is 6.07 Å². The molecular formula is C19H27F2N5O3. The number of piperazine rings is 1. The Morgan fingerprint density at radius 1 is 1.31 bits per heavy atom. The number of aliphatic hydroxyl groups excluding tert-OH is 1. The smallest absolute Gasteiger partial charge is 0.243 e. The van der Waals surface area contributed by atoms with Crippen LogP contribution in [-0.2, 0) is 9.59 Å². The van der Waals surface area contributed by atoms with Gasteiger partial charge in [-0.1, -0.05) is 6.92 Å². The van der Waals surface area contributed by atoms with E-state index in [0.29, 0.717) is 38.3 Å². The van der Waals surface area contributed by atoms with E-state index in [1.807, 2.05) is 4.90 Å². The maximum atomic E-state index is 13.5. The first-order valence-electron chi connectivity index (χ1n) is 9.71. The van der Waals surface area contributed by atoms with Crippen LogP contribution < -0.4 is 21.3 Å². The van der Waals surface area contributed by atoms with E-state index < -0.39 is 29.4 Å². The number of nitrogens with two attached hydrogens (primary N) is 1. The van der Waals surface area contributed by atoms with Gasteiger partial charge in [0.15, 0.2) is 18.0 Å². The van der Waals surface area contributed by atoms with Crippen LogP contribution in [0.15, 0.2) is 18.2 Å². The molecule has 0 spiro atoms. The fourth-order valence-corrected chi connectivity index (χ4v) is 4.10. The second-order valence-corrected chi connectivity index (χ2v) is 7.66. The van der Waals surface area contributed by atoms with E-state index >= 15 is 0 Å². The average Bonchev–Trinajstić information content (AvgIpc) is 2.96. The first kappa shape index (κ1) is 21.4. The summed E-state index contributed by atoms with van der Waals surface area (Å²) in [7, 11) is 0. The molecule has 29 heavy (non-hydrogen) atoms. The van der Waals surface area contributed by atoms with E-state index in [0.717, 1.165) is 12.1 Å². The van der Waals surface area contributed by atoms with Crippen LogP contribution in [0.3, 0.4) is 0 Å². The van der Waals surface area contributed by atoms with Crippen LogP contribution >= 0.6 is 0 Å². The second kappa shape index (κ2) is 8.60. The van der Waals surface area contributed by atoms with Gasteiger partial charge in [-0.05, 0) is 31.5 Å². The highest BCUT2D eigenvalue weighted by molar-refractivity contribution is 5.89. The van der Waals surface area contributed by atoms with Crippen molar-refractivity contribution in [2.45, 2.75) is 31.7 Å². The Morgan fingerprint density at radius 3 is 2.55 bits per heavy atom. The minimum Gasteiger partial charge on any atom is -0.368 e. The van der Waals surface area contributed by atoms with Crippen molar-refractivity contribution in [1.82, 2.24) is 15.5 Å². The Balaban J connectivity index is 1.59. The van der Waals surface area contributed by atoms with E-state index in [1.54, 1.807) is 11.8 Å². The molecule has 2 amide bonds. The number of aliphatic hydroxyl groups is 1. The molecule has 0 bridgehead atoms. The molecule has 2 aliphatic heterocycles. The highest BCUT2D eigenvalue weighted by Crippen LogP contribution is 2.27. The lowest BCUT2D eigenvalue weighted by Crippen LogP contribution is -2.54. The molecule has 0 radical (unpaired) electrons. The van der Waals surface area contributed by atoms with Gasteiger partial charge in [0.05, 0.1) is 0 Å². The quantitative estimate of drug-likeness (QED) is 0.513. The number of nitrogens with zero attached hydrogens (tertiary/aromatic N) is 2. The molecule has 1 aromatic rings. The predicted octanol–water partition coefficient (Wildman–Crippen LogP) is -0.277. The number of hydrogen-bond donors (Lipinski definition) is 4. The summed E-state index contributed by atoms with van der Waals surface area (Å²) in [5.41, 5.74) is 5.14. The third kappa shape index (κ3) is 4.49. The van der Waals surface area contributed by atoms with Gasteiger partial charge in [-0.3, -0.25) is 14.9 Å². The van der Waals surface area contributed by atoms with Crippen molar-refractivity contribution in [3.63, 3.8) is 0 Å². The van der Waals surface area contributed by atoms with Crippen LogP contribution in [0.4, 0.5) is 14.5 Å². The van der Waals surface area contributed by atoms with Crippen LogP contribution in [0.25, 0.3) is 0 Å². The molecular weight excluding hydrogens is 384 g/mol. The number of amides is 2. The Morgan fingerprint density at radius 2 is 2.00 bits per heavy atom. The van der Waals surface area contributed by atoms with Crippen LogP contribution in [-0.4, -0.2) is 66.4 Å². The van der Waals surface area contributed by atoms with Crippen molar-refractivity contribution in [3.8, 4) is 0 Å². The van der Waals surface area contributed by atoms with E-state index in [2.05, 4.69) is 10.6 Å². The van der Waals surface area contributed by atoms with Gasteiger partial charge in [-0.15, -0.1) is 0 Å². The number of halogens is 2. The summed E-state index contributed by atoms with van der Waals surface area (Å²) < 4.78 is 26.6. The molecule has 2 heterocycles. The summed E-state index contributed by atoms with van der Waals surface area (Å²) in [5.74, 6) is -2.71. The van der Waals surface area contributed by atoms with Crippen molar-refractivity contribution >= 4 is 17.5 Å². The van der Waals surface area contributed by atoms with Crippen LogP contribution in [0, 0.1) is 17.6 Å². The molecule has 2 aliphatic rings. The molecule has 0 saturated carbocycles. The first-order valence-corrected chi connectivity index (χ1v) is 9.71. The number of rotatable bonds is 6. The van der Waals surface area contributed by atoms with Gasteiger partial charge in [0.2, 0.25) is 11.8 Å². The van der Waals surface area contributed by atoms with Crippen molar-refractivity contribution in [3.05, 3.63) is 29.8 Å². The van der Waals surface area contributed by atoms with Gasteiger partial charge < -0.3 is 26.0 Å². The summed E-state index contributed by atoms with van der Waals surface area (Å²) in [4.78, 5) is 28.8. The Labute approximate surface area is 168 Å². The zero-order valence-electron chi connectivity index (χ0n) is 16.3. The predicted molar refractivity (Wildman–Crippen MR) is 103 cm³/mol. The number of benzene rings is 1. The van der Waals surface area contributed by atoms with E-state index in [-0.39, 0.29) is 24.8 Å². The topological polar surface area (TPSA) is 111 Å². The fourth-order valence-electron chi connectivity index (χ4n) is 4.10. The summed E-state index contributed by atoms with van der Waals surface area (Å²) in [6.07, 6.45) is -0.636. The lowest BCUT2D eigenvalue weighted by atomic mass is 9.84. The van der Waals surface area contributed by atoms with Gasteiger partial charge >= 0.3 is 0 Å². The average molecular weight is 411 g/mol. The molecule has 1 unspecified atom stereocenters. The van der Waals surface area contributed by atoms with Gasteiger partial charge in [-0.2, -0.15) is 0 Å². The Hall–Kier alpha value is -2.30. The number of carbonyl (C=O) groups excluding carboxylic acids is 2. The van der Waals surface area contributed by atoms with Crippen molar-refractivity contribution in [2.24, 2.45) is 11.7 Å². The lowest BCUT2D eigenvalue weighted by Gasteiger charge is -2.38. The minimum atomic E-state index is -1.16. The summed E-state index contributed by atoms with van der Waals surface area (Å²) in [6, 6.07) is 3.77. The maximum absolute atomic E-state index is 13.5. The van der Waals surface area contributed by atoms with E-state index in [4.69, 9.17) is 5.73 Å². The van der Waals surface area contributed by atoms with Crippen LogP contribution in [0.1, 0.15) is 19.8 Å². The minimum absolute atomic E-state index is 0.0951. The number of nitrogens with one attached hydrogen (secondary N) is 2. The standard InChI is InChI=1S/C19H27F2N5O3/c1-12(11-19(4-5-22)17(28)23-18(29)24-19)16(27)26-8-6-25(7-9-26)13-2-3-14(20)15(21)10-13/h2-3,10,12,18,24,29H,4-9,11,22H2,1H3,(H,23,28)/t12-,18?,19+/m1/s1. The molecule has 0 aromatic heterocycles. The van der Waals surface area contributed by atoms with E-state index in [9.17, 15) is 23.5 Å². The Kier molecular flexibility index (Phi) is 6.35. The molecule has 0 aliphatic carbocycles. The third-order valence-corrected chi connectivity index (χ3v) is 5.62. The SMILES string of the molecule is C[C@H](C[C@]1(CCN)NC(O)NC1=O)C(=O)N1CCN(c2ccc(F)c(F)c2)CC1. The van der Waals surface area contributed by atoms with Gasteiger partial charge in [0.1, 0.15) is 5.54 Å². The molecule has 5 N–H and O–H groups in total. The zero-order valence-corrected chi connectivity index (χ0v) is 16.3. The Bertz CT molecular complexity index is 772. The van der Waals surface area contributed by atoms with Crippen LogP contribution in [0.5, 0.6) is 0 Å². The number of carbonyl (C=O) groups is 2. The third-order valence-electron chi connectivity index (χ3n) is 5.62. The molecule has 10 heteroatoms. The summed E-state index contributed by atoms with van der Waals surface area (Å²) in [6.45, 7) is 3.86. The number of anilines is 1. The molecule has 2 saturated heterocycles. The highest BCUT2D eigenvalue weighted by atomic mass is 19.2. The second-order valence-electron chi connectivity index (χ2n) is 7.66. The fraction of sp³-hybridized carbons (Fsp3) is 0.579. The number of hydrogen-bond acceptors (Lipinski definition) is 6. The van der Waals surface area contributed by atoms with Crippen LogP contribution in [0.2, 0.25) is 0 Å². The molecule has 2 fully saturated rings. The summed E-state index contributed by atoms with van der Waals surface area (Å²) in [5, 5.41) is 14.9. The van der Waals surface area contributed by atoms with Crippen molar-refractivity contribution in [1.29, 1.82) is 0 Å².